The van der Waals surface area contributed by atoms with E-state index >= 15 is 0 Å². The second-order valence-electron chi connectivity index (χ2n) is 5.85. The molecule has 1 heterocycles. The van der Waals surface area contributed by atoms with Gasteiger partial charge in [-0.25, -0.2) is 0 Å². The number of pyridine rings is 1. The molecule has 0 unspecified atom stereocenters. The summed E-state index contributed by atoms with van der Waals surface area (Å²) >= 11 is 0. The highest BCUT2D eigenvalue weighted by Gasteiger charge is 2.12. The predicted octanol–water partition coefficient (Wildman–Crippen LogP) is 2.56. The van der Waals surface area contributed by atoms with Gasteiger partial charge in [0.1, 0.15) is 5.69 Å². The lowest BCUT2D eigenvalue weighted by Crippen LogP contribution is -2.28. The Balaban J connectivity index is 2.03. The van der Waals surface area contributed by atoms with Crippen LogP contribution in [0.3, 0.4) is 0 Å². The minimum Gasteiger partial charge on any atom is -0.383 e. The molecule has 0 atom stereocenters. The van der Waals surface area contributed by atoms with Gasteiger partial charge in [-0.05, 0) is 50.2 Å². The van der Waals surface area contributed by atoms with Crippen LogP contribution >= 0.6 is 0 Å². The molecule has 0 spiro atoms. The molecule has 1 aromatic heterocycles. The van der Waals surface area contributed by atoms with Crippen LogP contribution in [0.25, 0.3) is 0 Å². The van der Waals surface area contributed by atoms with E-state index in [1.54, 1.807) is 13.2 Å². The van der Waals surface area contributed by atoms with Gasteiger partial charge in [0.2, 0.25) is 0 Å². The lowest BCUT2D eigenvalue weighted by atomic mass is 10.2. The molecule has 2 aromatic rings. The summed E-state index contributed by atoms with van der Waals surface area (Å²) in [6.45, 7) is 6.85. The third kappa shape index (κ3) is 5.79. The number of rotatable bonds is 9. The number of carbonyl (C=O) groups excluding carboxylic acids is 2. The van der Waals surface area contributed by atoms with E-state index in [9.17, 15) is 9.59 Å². The lowest BCUT2D eigenvalue weighted by Gasteiger charge is -2.21. The van der Waals surface area contributed by atoms with Gasteiger partial charge in [0, 0.05) is 49.9 Å². The molecule has 0 aliphatic rings. The zero-order chi connectivity index (χ0) is 19.6. The highest BCUT2D eigenvalue weighted by molar-refractivity contribution is 6.05. The maximum absolute atomic E-state index is 12.5. The van der Waals surface area contributed by atoms with Gasteiger partial charge in [-0.1, -0.05) is 0 Å². The zero-order valence-corrected chi connectivity index (χ0v) is 16.0. The van der Waals surface area contributed by atoms with Crippen LogP contribution in [0.15, 0.2) is 42.6 Å². The highest BCUT2D eigenvalue weighted by atomic mass is 16.5. The Morgan fingerprint density at radius 2 is 1.78 bits per heavy atom. The highest BCUT2D eigenvalue weighted by Crippen LogP contribution is 2.18. The molecular weight excluding hydrogens is 344 g/mol. The fourth-order valence-corrected chi connectivity index (χ4v) is 2.60. The van der Waals surface area contributed by atoms with Gasteiger partial charge in [0.15, 0.2) is 0 Å². The summed E-state index contributed by atoms with van der Waals surface area (Å²) in [5, 5.41) is 5.52. The number of hydrogen-bond donors (Lipinski definition) is 2. The fourth-order valence-electron chi connectivity index (χ4n) is 2.60. The number of benzene rings is 1. The SMILES string of the molecule is CCN(CC)c1ccc(NC(=O)c2ccnc(C(=O)NCCOC)c2)cc1. The molecular formula is C20H26N4O3. The number of anilines is 2. The Kier molecular flexibility index (Phi) is 7.76. The molecule has 1 aromatic carbocycles. The summed E-state index contributed by atoms with van der Waals surface area (Å²) in [5.74, 6) is -0.635. The van der Waals surface area contributed by atoms with Gasteiger partial charge in [-0.15, -0.1) is 0 Å². The summed E-state index contributed by atoms with van der Waals surface area (Å²) in [4.78, 5) is 30.8. The number of amides is 2. The van der Waals surface area contributed by atoms with Crippen molar-refractivity contribution in [1.82, 2.24) is 10.3 Å². The molecule has 0 aliphatic heterocycles. The van der Waals surface area contributed by atoms with Crippen LogP contribution in [0.2, 0.25) is 0 Å². The number of nitrogens with zero attached hydrogens (tertiary/aromatic N) is 2. The van der Waals surface area contributed by atoms with E-state index in [4.69, 9.17) is 4.74 Å². The molecule has 0 bridgehead atoms. The van der Waals surface area contributed by atoms with E-state index in [1.165, 1.54) is 12.3 Å². The Morgan fingerprint density at radius 1 is 1.07 bits per heavy atom. The number of methoxy groups -OCH3 is 1. The smallest absolute Gasteiger partial charge is 0.269 e. The number of carbonyl (C=O) groups is 2. The molecule has 0 fully saturated rings. The minimum atomic E-state index is -0.342. The molecule has 0 aliphatic carbocycles. The molecule has 7 heteroatoms. The first-order valence-corrected chi connectivity index (χ1v) is 8.98. The normalized spacial score (nSPS) is 10.3. The van der Waals surface area contributed by atoms with Gasteiger partial charge < -0.3 is 20.3 Å². The molecule has 2 amide bonds. The Labute approximate surface area is 159 Å². The van der Waals surface area contributed by atoms with E-state index in [2.05, 4.69) is 34.4 Å². The Morgan fingerprint density at radius 3 is 2.41 bits per heavy atom. The second kappa shape index (κ2) is 10.3. The lowest BCUT2D eigenvalue weighted by molar-refractivity contribution is 0.0932. The van der Waals surface area contributed by atoms with Crippen LogP contribution in [-0.4, -0.2) is 50.1 Å². The quantitative estimate of drug-likeness (QED) is 0.663. The summed E-state index contributed by atoms with van der Waals surface area (Å²) < 4.78 is 4.89. The third-order valence-corrected chi connectivity index (χ3v) is 4.10. The number of ether oxygens (including phenoxy) is 1. The predicted molar refractivity (Wildman–Crippen MR) is 106 cm³/mol. The van der Waals surface area contributed by atoms with Gasteiger partial charge in [-0.3, -0.25) is 14.6 Å². The first-order valence-electron chi connectivity index (χ1n) is 8.98. The number of aromatic nitrogens is 1. The van der Waals surface area contributed by atoms with Crippen molar-refractivity contribution in [2.75, 3.05) is 43.6 Å². The maximum Gasteiger partial charge on any atom is 0.269 e. The summed E-state index contributed by atoms with van der Waals surface area (Å²) in [6.07, 6.45) is 1.45. The van der Waals surface area contributed by atoms with Gasteiger partial charge in [0.25, 0.3) is 11.8 Å². The maximum atomic E-state index is 12.5. The Hall–Kier alpha value is -2.93. The van der Waals surface area contributed by atoms with E-state index < -0.39 is 0 Å². The summed E-state index contributed by atoms with van der Waals surface area (Å²) in [7, 11) is 1.56. The molecule has 2 rings (SSSR count). The minimum absolute atomic E-state index is 0.190. The fraction of sp³-hybridized carbons (Fsp3) is 0.350. The van der Waals surface area contributed by atoms with Gasteiger partial charge in [-0.2, -0.15) is 0 Å². The molecule has 144 valence electrons. The van der Waals surface area contributed by atoms with Crippen LogP contribution in [0.1, 0.15) is 34.7 Å². The van der Waals surface area contributed by atoms with Crippen LogP contribution in [-0.2, 0) is 4.74 Å². The van der Waals surface area contributed by atoms with Crippen molar-refractivity contribution < 1.29 is 14.3 Å². The number of hydrogen-bond acceptors (Lipinski definition) is 5. The van der Waals surface area contributed by atoms with Crippen LogP contribution in [0.5, 0.6) is 0 Å². The first kappa shape index (κ1) is 20.4. The van der Waals surface area contributed by atoms with Crippen molar-refractivity contribution in [1.29, 1.82) is 0 Å². The molecule has 0 saturated heterocycles. The number of nitrogens with one attached hydrogen (secondary N) is 2. The Bertz CT molecular complexity index is 758. The van der Waals surface area contributed by atoms with Crippen LogP contribution in [0.4, 0.5) is 11.4 Å². The molecule has 27 heavy (non-hydrogen) atoms. The second-order valence-corrected chi connectivity index (χ2v) is 5.85. The largest absolute Gasteiger partial charge is 0.383 e. The first-order chi connectivity index (χ1) is 13.1. The average molecular weight is 370 g/mol. The van der Waals surface area contributed by atoms with Crippen molar-refractivity contribution in [2.24, 2.45) is 0 Å². The van der Waals surface area contributed by atoms with Crippen molar-refractivity contribution in [3.8, 4) is 0 Å². The molecule has 0 saturated carbocycles. The zero-order valence-electron chi connectivity index (χ0n) is 16.0. The third-order valence-electron chi connectivity index (χ3n) is 4.10. The molecule has 7 nitrogen and oxygen atoms in total. The molecule has 0 radical (unpaired) electrons. The monoisotopic (exact) mass is 370 g/mol. The standard InChI is InChI=1S/C20H26N4O3/c1-4-24(5-2)17-8-6-16(7-9-17)23-19(25)15-10-11-21-18(14-15)20(26)22-12-13-27-3/h6-11,14H,4-5,12-13H2,1-3H3,(H,22,26)(H,23,25). The van der Waals surface area contributed by atoms with Crippen LogP contribution in [0, 0.1) is 0 Å². The molecule has 2 N–H and O–H groups in total. The van der Waals surface area contributed by atoms with E-state index in [0.29, 0.717) is 24.4 Å². The van der Waals surface area contributed by atoms with E-state index in [1.807, 2.05) is 24.3 Å². The average Bonchev–Trinajstić information content (AvgIpc) is 2.70. The van der Waals surface area contributed by atoms with Crippen molar-refractivity contribution in [2.45, 2.75) is 13.8 Å². The van der Waals surface area contributed by atoms with Gasteiger partial charge >= 0.3 is 0 Å². The van der Waals surface area contributed by atoms with Crippen molar-refractivity contribution in [3.63, 3.8) is 0 Å². The topological polar surface area (TPSA) is 83.6 Å². The summed E-state index contributed by atoms with van der Waals surface area (Å²) in [5.41, 5.74) is 2.36. The van der Waals surface area contributed by atoms with Crippen molar-refractivity contribution >= 4 is 23.2 Å². The van der Waals surface area contributed by atoms with Gasteiger partial charge in [0.05, 0.1) is 6.61 Å². The van der Waals surface area contributed by atoms with E-state index in [-0.39, 0.29) is 17.5 Å². The van der Waals surface area contributed by atoms with Crippen LogP contribution < -0.4 is 15.5 Å². The van der Waals surface area contributed by atoms with E-state index in [0.717, 1.165) is 18.8 Å². The van der Waals surface area contributed by atoms with Crippen molar-refractivity contribution in [3.05, 3.63) is 53.9 Å². The summed E-state index contributed by atoms with van der Waals surface area (Å²) in [6, 6.07) is 10.7.